The number of hydrogen-bond donors (Lipinski definition) is 4. The van der Waals surface area contributed by atoms with Crippen LogP contribution in [0.3, 0.4) is 0 Å². The van der Waals surface area contributed by atoms with E-state index in [1.807, 2.05) is 31.2 Å². The number of nitrogens with one attached hydrogen (secondary N) is 2. The minimum Gasteiger partial charge on any atom is -0.382 e. The van der Waals surface area contributed by atoms with Gasteiger partial charge in [0.25, 0.3) is 5.91 Å². The van der Waals surface area contributed by atoms with Crippen LogP contribution in [-0.2, 0) is 0 Å². The third kappa shape index (κ3) is 5.29. The van der Waals surface area contributed by atoms with Gasteiger partial charge in [-0.25, -0.2) is 10.4 Å². The molecule has 1 aliphatic rings. The first-order valence-electron chi connectivity index (χ1n) is 10.5. The molecule has 0 saturated carbocycles. The van der Waals surface area contributed by atoms with Crippen LogP contribution in [-0.4, -0.2) is 48.6 Å². The number of aryl methyl sites for hydroxylation is 1. The Morgan fingerprint density at radius 2 is 1.70 bits per heavy atom. The van der Waals surface area contributed by atoms with Gasteiger partial charge in [0, 0.05) is 44.0 Å². The monoisotopic (exact) mass is 412 g/mol. The van der Waals surface area contributed by atoms with E-state index in [0.29, 0.717) is 11.4 Å². The predicted octanol–water partition coefficient (Wildman–Crippen LogP) is 1.70. The number of carbonyl (C=O) groups excluding carboxylic acids is 1. The number of benzene rings is 1. The Kier molecular flexibility index (Phi) is 7.29. The molecule has 0 unspecified atom stereocenters. The summed E-state index contributed by atoms with van der Waals surface area (Å²) >= 11 is 0. The molecule has 2 aromatic rings. The van der Waals surface area contributed by atoms with E-state index in [2.05, 4.69) is 37.5 Å². The van der Waals surface area contributed by atoms with Crippen molar-refractivity contribution in [1.82, 2.24) is 20.8 Å². The van der Waals surface area contributed by atoms with E-state index in [-0.39, 0.29) is 11.9 Å². The lowest BCUT2D eigenvalue weighted by atomic mass is 10.1. The maximum absolute atomic E-state index is 12.2. The number of rotatable bonds is 8. The first-order valence-corrected chi connectivity index (χ1v) is 10.5. The molecule has 0 radical (unpaired) electrons. The normalized spacial score (nSPS) is 14.1. The zero-order chi connectivity index (χ0) is 21.5. The molecule has 1 aliphatic heterocycles. The Hall–Kier alpha value is -3.07. The van der Waals surface area contributed by atoms with Crippen LogP contribution in [0.5, 0.6) is 0 Å². The molecule has 3 rings (SSSR count). The lowest BCUT2D eigenvalue weighted by molar-refractivity contribution is 0.0933. The van der Waals surface area contributed by atoms with Gasteiger partial charge >= 0.3 is 0 Å². The van der Waals surface area contributed by atoms with E-state index >= 15 is 0 Å². The van der Waals surface area contributed by atoms with Gasteiger partial charge in [0.05, 0.1) is 5.69 Å². The summed E-state index contributed by atoms with van der Waals surface area (Å²) in [5.74, 6) is 0.511. The first-order chi connectivity index (χ1) is 14.5. The quantitative estimate of drug-likeness (QED) is 0.381. The Morgan fingerprint density at radius 3 is 2.33 bits per heavy atom. The second kappa shape index (κ2) is 10.1. The number of nitrogens with zero attached hydrogens (tertiary/aromatic N) is 4. The summed E-state index contributed by atoms with van der Waals surface area (Å²) in [6.07, 6.45) is 3.36. The first kappa shape index (κ1) is 21.6. The second-order valence-corrected chi connectivity index (χ2v) is 7.51. The van der Waals surface area contributed by atoms with Crippen molar-refractivity contribution in [3.05, 3.63) is 35.5 Å². The Bertz CT molecular complexity index is 824. The fourth-order valence-corrected chi connectivity index (χ4v) is 3.69. The van der Waals surface area contributed by atoms with Crippen molar-refractivity contribution >= 4 is 29.0 Å². The average Bonchev–Trinajstić information content (AvgIpc) is 2.73. The largest absolute Gasteiger partial charge is 0.382 e. The smallest absolute Gasteiger partial charge is 0.265 e. The summed E-state index contributed by atoms with van der Waals surface area (Å²) in [7, 11) is 0. The van der Waals surface area contributed by atoms with Crippen LogP contribution in [0.2, 0.25) is 0 Å². The minimum atomic E-state index is -0.114. The SMILES string of the molecule is CCCCCNNC(=O)c1ccc(N2CCN(c3c(C)nc(N)nc3N)CC2)cc1. The third-order valence-corrected chi connectivity index (χ3v) is 5.30. The van der Waals surface area contributed by atoms with E-state index in [1.165, 1.54) is 0 Å². The molecule has 0 aliphatic carbocycles. The number of hydrogen-bond acceptors (Lipinski definition) is 8. The van der Waals surface area contributed by atoms with Crippen molar-refractivity contribution in [1.29, 1.82) is 0 Å². The lowest BCUT2D eigenvalue weighted by Gasteiger charge is -2.38. The molecular formula is C21H32N8O. The van der Waals surface area contributed by atoms with Crippen molar-refractivity contribution in [2.24, 2.45) is 0 Å². The molecule has 0 spiro atoms. The van der Waals surface area contributed by atoms with E-state index in [0.717, 1.165) is 69.1 Å². The molecule has 1 fully saturated rings. The summed E-state index contributed by atoms with van der Waals surface area (Å²) < 4.78 is 0. The van der Waals surface area contributed by atoms with Crippen LogP contribution in [0, 0.1) is 6.92 Å². The fraction of sp³-hybridized carbons (Fsp3) is 0.476. The number of carbonyl (C=O) groups is 1. The molecule has 0 bridgehead atoms. The molecule has 162 valence electrons. The number of nitrogen functional groups attached to an aromatic ring is 2. The van der Waals surface area contributed by atoms with Crippen molar-refractivity contribution in [3.8, 4) is 0 Å². The van der Waals surface area contributed by atoms with E-state index in [1.54, 1.807) is 0 Å². The van der Waals surface area contributed by atoms with Gasteiger partial charge < -0.3 is 21.3 Å². The van der Waals surface area contributed by atoms with Crippen LogP contribution < -0.4 is 32.1 Å². The van der Waals surface area contributed by atoms with Crippen LogP contribution >= 0.6 is 0 Å². The highest BCUT2D eigenvalue weighted by Gasteiger charge is 2.22. The highest BCUT2D eigenvalue weighted by molar-refractivity contribution is 5.94. The molecule has 1 amide bonds. The minimum absolute atomic E-state index is 0.114. The molecule has 9 heteroatoms. The Morgan fingerprint density at radius 1 is 1.03 bits per heavy atom. The van der Waals surface area contributed by atoms with Crippen LogP contribution in [0.25, 0.3) is 0 Å². The number of unbranched alkanes of at least 4 members (excludes halogenated alkanes) is 2. The maximum Gasteiger partial charge on any atom is 0.265 e. The third-order valence-electron chi connectivity index (χ3n) is 5.30. The van der Waals surface area contributed by atoms with Gasteiger partial charge in [-0.2, -0.15) is 4.98 Å². The van der Waals surface area contributed by atoms with Gasteiger partial charge in [-0.1, -0.05) is 19.8 Å². The van der Waals surface area contributed by atoms with Crippen LogP contribution in [0.4, 0.5) is 23.1 Å². The lowest BCUT2D eigenvalue weighted by Crippen LogP contribution is -2.47. The number of hydrazine groups is 1. The zero-order valence-corrected chi connectivity index (χ0v) is 17.8. The van der Waals surface area contributed by atoms with E-state index in [4.69, 9.17) is 11.5 Å². The summed E-state index contributed by atoms with van der Waals surface area (Å²) in [6.45, 7) is 8.14. The van der Waals surface area contributed by atoms with Gasteiger partial charge in [-0.05, 0) is 37.6 Å². The van der Waals surface area contributed by atoms with Crippen molar-refractivity contribution in [2.75, 3.05) is 54.0 Å². The molecule has 30 heavy (non-hydrogen) atoms. The molecular weight excluding hydrogens is 380 g/mol. The maximum atomic E-state index is 12.2. The Balaban J connectivity index is 1.53. The average molecular weight is 413 g/mol. The summed E-state index contributed by atoms with van der Waals surface area (Å²) in [5, 5.41) is 0. The highest BCUT2D eigenvalue weighted by atomic mass is 16.2. The van der Waals surface area contributed by atoms with Crippen LogP contribution in [0.15, 0.2) is 24.3 Å². The molecule has 1 aromatic carbocycles. The molecule has 2 heterocycles. The highest BCUT2D eigenvalue weighted by Crippen LogP contribution is 2.27. The van der Waals surface area contributed by atoms with Crippen molar-refractivity contribution < 1.29 is 4.79 Å². The van der Waals surface area contributed by atoms with Gasteiger partial charge in [-0.15, -0.1) is 0 Å². The zero-order valence-electron chi connectivity index (χ0n) is 17.8. The number of nitrogens with two attached hydrogens (primary N) is 2. The van der Waals surface area contributed by atoms with Gasteiger partial charge in [0.15, 0.2) is 5.82 Å². The molecule has 6 N–H and O–H groups in total. The molecule has 1 aromatic heterocycles. The van der Waals surface area contributed by atoms with Crippen molar-refractivity contribution in [3.63, 3.8) is 0 Å². The van der Waals surface area contributed by atoms with Crippen LogP contribution in [0.1, 0.15) is 42.2 Å². The standard InChI is InChI=1S/C21H32N8O/c1-3-4-5-10-24-27-20(30)16-6-8-17(9-7-16)28-11-13-29(14-12-28)18-15(2)25-21(23)26-19(18)22/h6-9,24H,3-5,10-14H2,1-2H3,(H,27,30)(H4,22,23,25,26). The molecule has 1 saturated heterocycles. The van der Waals surface area contributed by atoms with Gasteiger partial charge in [0.2, 0.25) is 5.95 Å². The second-order valence-electron chi connectivity index (χ2n) is 7.51. The summed E-state index contributed by atoms with van der Waals surface area (Å²) in [5.41, 5.74) is 20.9. The number of aromatic nitrogens is 2. The number of amides is 1. The van der Waals surface area contributed by atoms with E-state index in [9.17, 15) is 4.79 Å². The molecule has 0 atom stereocenters. The van der Waals surface area contributed by atoms with E-state index < -0.39 is 0 Å². The predicted molar refractivity (Wildman–Crippen MR) is 121 cm³/mol. The summed E-state index contributed by atoms with van der Waals surface area (Å²) in [6, 6.07) is 7.71. The Labute approximate surface area is 177 Å². The number of anilines is 4. The topological polar surface area (TPSA) is 125 Å². The van der Waals surface area contributed by atoms with Gasteiger partial charge in [0.1, 0.15) is 5.69 Å². The molecule has 9 nitrogen and oxygen atoms in total. The number of piperazine rings is 1. The van der Waals surface area contributed by atoms with Crippen molar-refractivity contribution in [2.45, 2.75) is 33.1 Å². The summed E-state index contributed by atoms with van der Waals surface area (Å²) in [4.78, 5) is 25.1. The van der Waals surface area contributed by atoms with Gasteiger partial charge in [-0.3, -0.25) is 10.2 Å². The fourth-order valence-electron chi connectivity index (χ4n) is 3.69.